The fourth-order valence-electron chi connectivity index (χ4n) is 0.429. The lowest BCUT2D eigenvalue weighted by Crippen LogP contribution is -2.30. The normalized spacial score (nSPS) is 9.44. The summed E-state index contributed by atoms with van der Waals surface area (Å²) in [4.78, 5) is 21.9. The van der Waals surface area contributed by atoms with E-state index in [-0.39, 0.29) is 0 Å². The van der Waals surface area contributed by atoms with Crippen LogP contribution in [-0.2, 0) is 7.05 Å². The number of aryl methyl sites for hydroxylation is 1. The maximum Gasteiger partial charge on any atom is 0.313 e. The van der Waals surface area contributed by atoms with E-state index in [2.05, 4.69) is 10.2 Å². The van der Waals surface area contributed by atoms with Crippen molar-refractivity contribution >= 4 is 0 Å². The van der Waals surface area contributed by atoms with E-state index in [0.29, 0.717) is 0 Å². The lowest BCUT2D eigenvalue weighted by molar-refractivity contribution is 0.598. The van der Waals surface area contributed by atoms with Gasteiger partial charge in [0.2, 0.25) is 0 Å². The van der Waals surface area contributed by atoms with Gasteiger partial charge in [-0.3, -0.25) is 9.59 Å². The van der Waals surface area contributed by atoms with E-state index in [0.717, 1.165) is 6.20 Å². The van der Waals surface area contributed by atoms with Crippen LogP contribution >= 0.6 is 0 Å². The van der Waals surface area contributed by atoms with Crippen LogP contribution < -0.4 is 11.0 Å². The van der Waals surface area contributed by atoms with E-state index in [4.69, 9.17) is 0 Å². The average molecular weight is 127 g/mol. The van der Waals surface area contributed by atoms with Crippen LogP contribution in [0.4, 0.5) is 0 Å². The molecule has 0 aliphatic rings. The summed E-state index contributed by atoms with van der Waals surface area (Å²) in [6.45, 7) is 0. The van der Waals surface area contributed by atoms with Gasteiger partial charge in [0.25, 0.3) is 5.43 Å². The van der Waals surface area contributed by atoms with Gasteiger partial charge in [0.05, 0.1) is 0 Å². The van der Waals surface area contributed by atoms with Crippen LogP contribution in [-0.4, -0.2) is 15.0 Å². The predicted molar refractivity (Wildman–Crippen MR) is 30.1 cm³/mol. The molecule has 1 heterocycles. The van der Waals surface area contributed by atoms with E-state index in [1.807, 2.05) is 0 Å². The summed E-state index contributed by atoms with van der Waals surface area (Å²) < 4.78 is 0. The van der Waals surface area contributed by atoms with Crippen molar-refractivity contribution in [3.63, 3.8) is 0 Å². The van der Waals surface area contributed by atoms with Gasteiger partial charge in [-0.05, 0) is 0 Å². The number of nitrogens with zero attached hydrogens (tertiary/aromatic N) is 2. The van der Waals surface area contributed by atoms with Crippen LogP contribution in [0.25, 0.3) is 0 Å². The summed E-state index contributed by atoms with van der Waals surface area (Å²) in [6, 6.07) is 0. The molecule has 0 radical (unpaired) electrons. The molecule has 0 atom stereocenters. The molecule has 0 saturated carbocycles. The second-order valence-electron chi connectivity index (χ2n) is 1.57. The second-order valence-corrected chi connectivity index (χ2v) is 1.57. The van der Waals surface area contributed by atoms with Crippen molar-refractivity contribution in [2.45, 2.75) is 0 Å². The Balaban J connectivity index is 3.53. The van der Waals surface area contributed by atoms with Crippen molar-refractivity contribution in [2.75, 3.05) is 0 Å². The Morgan fingerprint density at radius 2 is 2.33 bits per heavy atom. The average Bonchev–Trinajstić information content (AvgIpc) is 1.80. The SMILES string of the molecule is Cn1ncc(=O)c(=O)[nH]1. The van der Waals surface area contributed by atoms with Gasteiger partial charge in [0.1, 0.15) is 6.20 Å². The zero-order chi connectivity index (χ0) is 6.85. The van der Waals surface area contributed by atoms with Crippen molar-refractivity contribution in [3.05, 3.63) is 26.8 Å². The van der Waals surface area contributed by atoms with Crippen molar-refractivity contribution in [3.8, 4) is 0 Å². The second kappa shape index (κ2) is 1.85. The number of hydrogen-bond donors (Lipinski definition) is 1. The highest BCUT2D eigenvalue weighted by Crippen LogP contribution is 1.51. The molecule has 0 saturated heterocycles. The zero-order valence-electron chi connectivity index (χ0n) is 4.79. The number of nitrogens with one attached hydrogen (secondary N) is 1. The predicted octanol–water partition coefficient (Wildman–Crippen LogP) is -1.53. The van der Waals surface area contributed by atoms with Crippen molar-refractivity contribution < 1.29 is 0 Å². The monoisotopic (exact) mass is 127 g/mol. The molecular weight excluding hydrogens is 122 g/mol. The smallest absolute Gasteiger partial charge is 0.282 e. The van der Waals surface area contributed by atoms with E-state index < -0.39 is 11.0 Å². The Morgan fingerprint density at radius 3 is 2.78 bits per heavy atom. The fraction of sp³-hybridized carbons (Fsp3) is 0.250. The molecule has 1 aromatic rings. The van der Waals surface area contributed by atoms with Crippen LogP contribution in [0.2, 0.25) is 0 Å². The third-order valence-corrected chi connectivity index (χ3v) is 0.835. The van der Waals surface area contributed by atoms with Crippen LogP contribution in [0, 0.1) is 0 Å². The van der Waals surface area contributed by atoms with Gasteiger partial charge < -0.3 is 0 Å². The standard InChI is InChI=1S/C4H5N3O2/c1-7-5-2-3(8)4(9)6-7/h2H,1H3,(H,6,9). The molecule has 0 spiro atoms. The molecule has 0 bridgehead atoms. The number of aromatic amines is 1. The highest BCUT2D eigenvalue weighted by atomic mass is 16.2. The van der Waals surface area contributed by atoms with E-state index >= 15 is 0 Å². The first kappa shape index (κ1) is 5.74. The third-order valence-electron chi connectivity index (χ3n) is 0.835. The Morgan fingerprint density at radius 1 is 1.67 bits per heavy atom. The molecule has 48 valence electrons. The van der Waals surface area contributed by atoms with Gasteiger partial charge in [-0.2, -0.15) is 5.10 Å². The number of hydrogen-bond acceptors (Lipinski definition) is 3. The summed E-state index contributed by atoms with van der Waals surface area (Å²) in [5, 5.41) is 5.66. The zero-order valence-corrected chi connectivity index (χ0v) is 4.79. The lowest BCUT2D eigenvalue weighted by Gasteiger charge is -1.89. The molecule has 0 amide bonds. The van der Waals surface area contributed by atoms with Gasteiger partial charge in [-0.25, -0.2) is 9.90 Å². The molecule has 0 aromatic carbocycles. The first-order valence-electron chi connectivity index (χ1n) is 2.33. The number of aromatic nitrogens is 3. The van der Waals surface area contributed by atoms with E-state index in [1.165, 1.54) is 11.8 Å². The number of rotatable bonds is 0. The minimum atomic E-state index is -0.646. The van der Waals surface area contributed by atoms with Crippen LogP contribution in [0.15, 0.2) is 15.8 Å². The summed E-state index contributed by atoms with van der Waals surface area (Å²) in [5.41, 5.74) is -1.26. The Hall–Kier alpha value is -1.39. The van der Waals surface area contributed by atoms with Crippen LogP contribution in [0.1, 0.15) is 0 Å². The molecule has 0 fully saturated rings. The summed E-state index contributed by atoms with van der Waals surface area (Å²) in [7, 11) is 1.53. The largest absolute Gasteiger partial charge is 0.313 e. The molecule has 1 aromatic heterocycles. The van der Waals surface area contributed by atoms with E-state index in [9.17, 15) is 9.59 Å². The Labute approximate surface area is 49.9 Å². The third kappa shape index (κ3) is 1.04. The van der Waals surface area contributed by atoms with Crippen molar-refractivity contribution in [1.82, 2.24) is 15.0 Å². The molecule has 1 N–H and O–H groups in total. The van der Waals surface area contributed by atoms with Gasteiger partial charge >= 0.3 is 5.56 Å². The molecule has 9 heavy (non-hydrogen) atoms. The van der Waals surface area contributed by atoms with Gasteiger partial charge in [-0.15, -0.1) is 0 Å². The van der Waals surface area contributed by atoms with Crippen LogP contribution in [0.5, 0.6) is 0 Å². The fourth-order valence-corrected chi connectivity index (χ4v) is 0.429. The summed E-state index contributed by atoms with van der Waals surface area (Å²) in [5.74, 6) is 0. The minimum absolute atomic E-state index is 0.617. The molecule has 5 nitrogen and oxygen atoms in total. The molecule has 0 aliphatic carbocycles. The first-order chi connectivity index (χ1) is 4.20. The molecule has 1 rings (SSSR count). The van der Waals surface area contributed by atoms with Gasteiger partial charge in [0.15, 0.2) is 0 Å². The topological polar surface area (TPSA) is 67.8 Å². The molecule has 5 heteroatoms. The van der Waals surface area contributed by atoms with Crippen molar-refractivity contribution in [1.29, 1.82) is 0 Å². The highest BCUT2D eigenvalue weighted by molar-refractivity contribution is 4.76. The number of H-pyrrole nitrogens is 1. The van der Waals surface area contributed by atoms with Crippen LogP contribution in [0.3, 0.4) is 0 Å². The maximum atomic E-state index is 10.4. The van der Waals surface area contributed by atoms with E-state index in [1.54, 1.807) is 0 Å². The summed E-state index contributed by atoms with van der Waals surface area (Å²) in [6.07, 6.45) is 0.971. The first-order valence-corrected chi connectivity index (χ1v) is 2.33. The lowest BCUT2D eigenvalue weighted by atomic mass is 10.7. The minimum Gasteiger partial charge on any atom is -0.282 e. The van der Waals surface area contributed by atoms with Gasteiger partial charge in [-0.1, -0.05) is 0 Å². The maximum absolute atomic E-state index is 10.4. The molecule has 0 aliphatic heterocycles. The highest BCUT2D eigenvalue weighted by Gasteiger charge is 1.88. The Bertz CT molecular complexity index is 310. The Kier molecular flexibility index (Phi) is 1.18. The molecule has 0 unspecified atom stereocenters. The molecular formula is C4H5N3O2. The quantitative estimate of drug-likeness (QED) is 0.430. The van der Waals surface area contributed by atoms with Crippen molar-refractivity contribution in [2.24, 2.45) is 7.05 Å². The van der Waals surface area contributed by atoms with Gasteiger partial charge in [0, 0.05) is 7.05 Å². The summed E-state index contributed by atoms with van der Waals surface area (Å²) >= 11 is 0.